The largest absolute Gasteiger partial charge is 0.480 e. The van der Waals surface area contributed by atoms with E-state index in [2.05, 4.69) is 28.2 Å². The van der Waals surface area contributed by atoms with Crippen LogP contribution < -0.4 is 5.32 Å². The van der Waals surface area contributed by atoms with E-state index in [1.54, 1.807) is 0 Å². The van der Waals surface area contributed by atoms with Crippen molar-refractivity contribution in [1.82, 2.24) is 0 Å². The van der Waals surface area contributed by atoms with Gasteiger partial charge in [0.15, 0.2) is 0 Å². The zero-order chi connectivity index (χ0) is 14.1. The normalized spacial score (nSPS) is 12.1. The first-order valence-electron chi connectivity index (χ1n) is 6.89. The van der Waals surface area contributed by atoms with Crippen LogP contribution in [-0.2, 0) is 4.79 Å². The third-order valence-corrected chi connectivity index (χ3v) is 3.79. The molecule has 0 heterocycles. The van der Waals surface area contributed by atoms with E-state index in [4.69, 9.17) is 0 Å². The number of nitrogens with one attached hydrogen (secondary N) is 1. The molecule has 1 aromatic rings. The summed E-state index contributed by atoms with van der Waals surface area (Å²) in [5.74, 6) is -0.786. The summed E-state index contributed by atoms with van der Waals surface area (Å²) < 4.78 is 0.896. The van der Waals surface area contributed by atoms with E-state index in [0.29, 0.717) is 6.42 Å². The van der Waals surface area contributed by atoms with Crippen LogP contribution in [0.5, 0.6) is 0 Å². The zero-order valence-corrected chi connectivity index (χ0v) is 12.9. The molecule has 0 bridgehead atoms. The van der Waals surface area contributed by atoms with Gasteiger partial charge in [0.2, 0.25) is 0 Å². The van der Waals surface area contributed by atoms with Crippen molar-refractivity contribution < 1.29 is 9.90 Å². The van der Waals surface area contributed by atoms with Gasteiger partial charge in [-0.3, -0.25) is 0 Å². The molecular formula is C15H22BrNO2. The van der Waals surface area contributed by atoms with Crippen molar-refractivity contribution in [3.8, 4) is 0 Å². The Morgan fingerprint density at radius 1 is 1.26 bits per heavy atom. The molecule has 0 aromatic heterocycles. The second-order valence-electron chi connectivity index (χ2n) is 4.72. The fraction of sp³-hybridized carbons (Fsp3) is 0.533. The number of anilines is 1. The summed E-state index contributed by atoms with van der Waals surface area (Å²) in [4.78, 5) is 11.3. The van der Waals surface area contributed by atoms with Crippen molar-refractivity contribution in [3.05, 3.63) is 28.7 Å². The van der Waals surface area contributed by atoms with Crippen LogP contribution in [0.2, 0.25) is 0 Å². The van der Waals surface area contributed by atoms with Crippen LogP contribution in [-0.4, -0.2) is 17.1 Å². The molecule has 0 amide bonds. The van der Waals surface area contributed by atoms with Gasteiger partial charge in [-0.2, -0.15) is 0 Å². The third-order valence-electron chi connectivity index (χ3n) is 3.10. The molecule has 0 aliphatic heterocycles. The van der Waals surface area contributed by atoms with Crippen molar-refractivity contribution in [2.75, 3.05) is 5.32 Å². The Bertz CT molecular complexity index is 395. The predicted molar refractivity (Wildman–Crippen MR) is 82.6 cm³/mol. The fourth-order valence-corrected chi connectivity index (χ4v) is 2.37. The molecule has 0 saturated carbocycles. The van der Waals surface area contributed by atoms with Crippen molar-refractivity contribution >= 4 is 27.6 Å². The van der Waals surface area contributed by atoms with Crippen LogP contribution in [0.3, 0.4) is 0 Å². The lowest BCUT2D eigenvalue weighted by Gasteiger charge is -2.16. The number of unbranched alkanes of at least 4 members (excludes halogenated alkanes) is 4. The highest BCUT2D eigenvalue weighted by Gasteiger charge is 2.17. The SMILES string of the molecule is CCCCCCCC(Nc1ccccc1Br)C(=O)O. The van der Waals surface area contributed by atoms with Gasteiger partial charge in [-0.05, 0) is 34.5 Å². The summed E-state index contributed by atoms with van der Waals surface area (Å²) in [6.07, 6.45) is 6.36. The Balaban J connectivity index is 2.45. The number of benzene rings is 1. The lowest BCUT2D eigenvalue weighted by molar-refractivity contribution is -0.138. The molecule has 1 unspecified atom stereocenters. The first-order valence-corrected chi connectivity index (χ1v) is 7.68. The smallest absolute Gasteiger partial charge is 0.326 e. The van der Waals surface area contributed by atoms with Gasteiger partial charge >= 0.3 is 5.97 Å². The molecule has 1 atom stereocenters. The summed E-state index contributed by atoms with van der Waals surface area (Å²) in [5, 5.41) is 12.3. The fourth-order valence-electron chi connectivity index (χ4n) is 1.98. The molecule has 0 spiro atoms. The number of para-hydroxylation sites is 1. The zero-order valence-electron chi connectivity index (χ0n) is 11.4. The van der Waals surface area contributed by atoms with Gasteiger partial charge in [-0.15, -0.1) is 0 Å². The first kappa shape index (κ1) is 16.0. The van der Waals surface area contributed by atoms with Crippen molar-refractivity contribution in [1.29, 1.82) is 0 Å². The van der Waals surface area contributed by atoms with E-state index in [0.717, 1.165) is 23.0 Å². The Morgan fingerprint density at radius 2 is 1.95 bits per heavy atom. The molecule has 1 aromatic carbocycles. The summed E-state index contributed by atoms with van der Waals surface area (Å²) in [6.45, 7) is 2.18. The minimum atomic E-state index is -0.786. The average molecular weight is 328 g/mol. The second kappa shape index (κ2) is 8.97. The van der Waals surface area contributed by atoms with Crippen LogP contribution in [0.25, 0.3) is 0 Å². The lowest BCUT2D eigenvalue weighted by Crippen LogP contribution is -2.29. The number of carbonyl (C=O) groups is 1. The number of rotatable bonds is 9. The maximum absolute atomic E-state index is 11.3. The van der Waals surface area contributed by atoms with E-state index in [1.165, 1.54) is 19.3 Å². The summed E-state index contributed by atoms with van der Waals surface area (Å²) in [5.41, 5.74) is 0.837. The Kier molecular flexibility index (Phi) is 7.56. The third kappa shape index (κ3) is 6.10. The summed E-state index contributed by atoms with van der Waals surface area (Å²) in [6, 6.07) is 7.09. The van der Waals surface area contributed by atoms with Gasteiger partial charge in [0.1, 0.15) is 6.04 Å². The predicted octanol–water partition coefficient (Wildman–Crippen LogP) is 4.67. The monoisotopic (exact) mass is 327 g/mol. The molecule has 2 N–H and O–H groups in total. The quantitative estimate of drug-likeness (QED) is 0.647. The minimum Gasteiger partial charge on any atom is -0.480 e. The second-order valence-corrected chi connectivity index (χ2v) is 5.57. The highest BCUT2D eigenvalue weighted by Crippen LogP contribution is 2.23. The molecular weight excluding hydrogens is 306 g/mol. The van der Waals surface area contributed by atoms with Crippen LogP contribution in [0.1, 0.15) is 45.4 Å². The molecule has 1 rings (SSSR count). The molecule has 0 fully saturated rings. The van der Waals surface area contributed by atoms with Gasteiger partial charge in [-0.1, -0.05) is 51.2 Å². The highest BCUT2D eigenvalue weighted by atomic mass is 79.9. The molecule has 0 saturated heterocycles. The highest BCUT2D eigenvalue weighted by molar-refractivity contribution is 9.10. The Morgan fingerprint density at radius 3 is 2.58 bits per heavy atom. The Labute approximate surface area is 123 Å². The van der Waals surface area contributed by atoms with Crippen molar-refractivity contribution in [2.45, 2.75) is 51.5 Å². The standard InChI is InChI=1S/C15H22BrNO2/c1-2-3-4-5-6-11-14(15(18)19)17-13-10-8-7-9-12(13)16/h7-10,14,17H,2-6,11H2,1H3,(H,18,19). The minimum absolute atomic E-state index is 0.514. The van der Waals surface area contributed by atoms with E-state index in [1.807, 2.05) is 24.3 Å². The number of hydrogen-bond donors (Lipinski definition) is 2. The molecule has 4 heteroatoms. The number of aliphatic carboxylic acids is 1. The lowest BCUT2D eigenvalue weighted by atomic mass is 10.1. The maximum atomic E-state index is 11.3. The number of hydrogen-bond acceptors (Lipinski definition) is 2. The van der Waals surface area contributed by atoms with Crippen LogP contribution >= 0.6 is 15.9 Å². The summed E-state index contributed by atoms with van der Waals surface area (Å²) in [7, 11) is 0. The molecule has 3 nitrogen and oxygen atoms in total. The molecule has 106 valence electrons. The first-order chi connectivity index (χ1) is 9.15. The molecule has 19 heavy (non-hydrogen) atoms. The van der Waals surface area contributed by atoms with Gasteiger partial charge < -0.3 is 10.4 Å². The van der Waals surface area contributed by atoms with Crippen molar-refractivity contribution in [2.24, 2.45) is 0 Å². The topological polar surface area (TPSA) is 49.3 Å². The van der Waals surface area contributed by atoms with Gasteiger partial charge in [0.05, 0.1) is 0 Å². The van der Waals surface area contributed by atoms with Crippen LogP contribution in [0.15, 0.2) is 28.7 Å². The van der Waals surface area contributed by atoms with Gasteiger partial charge in [0.25, 0.3) is 0 Å². The maximum Gasteiger partial charge on any atom is 0.326 e. The van der Waals surface area contributed by atoms with E-state index in [-0.39, 0.29) is 0 Å². The van der Waals surface area contributed by atoms with Crippen molar-refractivity contribution in [3.63, 3.8) is 0 Å². The van der Waals surface area contributed by atoms with Gasteiger partial charge in [0, 0.05) is 10.2 Å². The molecule has 0 aliphatic rings. The van der Waals surface area contributed by atoms with Crippen LogP contribution in [0.4, 0.5) is 5.69 Å². The number of carboxylic acids is 1. The van der Waals surface area contributed by atoms with E-state index in [9.17, 15) is 9.90 Å². The number of carboxylic acid groups (broad SMARTS) is 1. The van der Waals surface area contributed by atoms with Crippen LogP contribution in [0, 0.1) is 0 Å². The average Bonchev–Trinajstić information content (AvgIpc) is 2.39. The van der Waals surface area contributed by atoms with E-state index >= 15 is 0 Å². The van der Waals surface area contributed by atoms with Gasteiger partial charge in [-0.25, -0.2) is 4.79 Å². The van der Waals surface area contributed by atoms with E-state index < -0.39 is 12.0 Å². The molecule has 0 aliphatic carbocycles. The summed E-state index contributed by atoms with van der Waals surface area (Å²) >= 11 is 3.42. The Hall–Kier alpha value is -1.03. The number of halogens is 1. The molecule has 0 radical (unpaired) electrons.